The molecular weight excluding hydrogens is 414 g/mol. The maximum absolute atomic E-state index is 12.9. The normalized spacial score (nSPS) is 20.4. The molecule has 1 aliphatic heterocycles. The number of rotatable bonds is 5. The van der Waals surface area contributed by atoms with E-state index in [4.69, 9.17) is 14.2 Å². The van der Waals surface area contributed by atoms with Crippen molar-refractivity contribution >= 4 is 27.8 Å². The summed E-state index contributed by atoms with van der Waals surface area (Å²) in [7, 11) is 3.12. The van der Waals surface area contributed by atoms with Gasteiger partial charge in [-0.2, -0.15) is 0 Å². The van der Waals surface area contributed by atoms with E-state index in [9.17, 15) is 9.59 Å². The standard InChI is InChI=1S/C20H24BrNO5/c1-11-19(20(24)27-12-6-4-5-7-12)14(9-18(23)22-11)13-8-16(25-2)17(26-3)10-15(13)21/h8,10,12,14H,4-7,9H2,1-3H3,(H,22,23)/t14-/m1/s1. The zero-order valence-electron chi connectivity index (χ0n) is 15.8. The number of nitrogens with one attached hydrogen (secondary N) is 1. The van der Waals surface area contributed by atoms with Gasteiger partial charge in [0.25, 0.3) is 0 Å². The van der Waals surface area contributed by atoms with Crippen LogP contribution in [0.5, 0.6) is 11.5 Å². The second-order valence-corrected chi connectivity index (χ2v) is 7.74. The van der Waals surface area contributed by atoms with Gasteiger partial charge in [0, 0.05) is 22.5 Å². The highest BCUT2D eigenvalue weighted by Crippen LogP contribution is 2.42. The Morgan fingerprint density at radius 2 is 1.78 bits per heavy atom. The Labute approximate surface area is 167 Å². The van der Waals surface area contributed by atoms with Crippen molar-refractivity contribution in [2.45, 2.75) is 51.0 Å². The molecule has 0 saturated heterocycles. The highest BCUT2D eigenvalue weighted by molar-refractivity contribution is 9.10. The van der Waals surface area contributed by atoms with Crippen LogP contribution in [-0.4, -0.2) is 32.2 Å². The van der Waals surface area contributed by atoms with Gasteiger partial charge in [-0.1, -0.05) is 15.9 Å². The molecule has 1 aromatic rings. The predicted molar refractivity (Wildman–Crippen MR) is 104 cm³/mol. The maximum atomic E-state index is 12.9. The van der Waals surface area contributed by atoms with Crippen LogP contribution in [0.1, 0.15) is 50.5 Å². The van der Waals surface area contributed by atoms with Gasteiger partial charge in [-0.15, -0.1) is 0 Å². The number of halogens is 1. The maximum Gasteiger partial charge on any atom is 0.336 e. The van der Waals surface area contributed by atoms with Crippen molar-refractivity contribution in [3.8, 4) is 11.5 Å². The van der Waals surface area contributed by atoms with Crippen LogP contribution in [-0.2, 0) is 14.3 Å². The summed E-state index contributed by atoms with van der Waals surface area (Å²) in [6.07, 6.45) is 4.09. The van der Waals surface area contributed by atoms with E-state index in [1.165, 1.54) is 0 Å². The van der Waals surface area contributed by atoms with Crippen molar-refractivity contribution in [3.63, 3.8) is 0 Å². The number of methoxy groups -OCH3 is 2. The molecule has 1 amide bonds. The van der Waals surface area contributed by atoms with Gasteiger partial charge in [-0.05, 0) is 50.3 Å². The fraction of sp³-hybridized carbons (Fsp3) is 0.500. The molecule has 2 aliphatic rings. The van der Waals surface area contributed by atoms with Gasteiger partial charge >= 0.3 is 5.97 Å². The van der Waals surface area contributed by atoms with Gasteiger partial charge < -0.3 is 19.5 Å². The van der Waals surface area contributed by atoms with Crippen LogP contribution in [0.3, 0.4) is 0 Å². The molecule has 1 aromatic carbocycles. The number of benzene rings is 1. The molecule has 1 N–H and O–H groups in total. The lowest BCUT2D eigenvalue weighted by Crippen LogP contribution is -2.35. The number of ether oxygens (including phenoxy) is 3. The first-order chi connectivity index (χ1) is 12.9. The average molecular weight is 438 g/mol. The number of hydrogen-bond acceptors (Lipinski definition) is 5. The third kappa shape index (κ3) is 4.13. The summed E-state index contributed by atoms with van der Waals surface area (Å²) in [5, 5.41) is 2.77. The van der Waals surface area contributed by atoms with Gasteiger partial charge in [0.05, 0.1) is 19.8 Å². The van der Waals surface area contributed by atoms with E-state index in [-0.39, 0.29) is 24.4 Å². The fourth-order valence-corrected chi connectivity index (χ4v) is 4.39. The first-order valence-electron chi connectivity index (χ1n) is 9.07. The van der Waals surface area contributed by atoms with E-state index in [0.717, 1.165) is 35.7 Å². The minimum absolute atomic E-state index is 0.0371. The van der Waals surface area contributed by atoms with Gasteiger partial charge in [0.1, 0.15) is 6.10 Å². The highest BCUT2D eigenvalue weighted by atomic mass is 79.9. The van der Waals surface area contributed by atoms with E-state index >= 15 is 0 Å². The molecule has 1 saturated carbocycles. The zero-order valence-corrected chi connectivity index (χ0v) is 17.4. The Morgan fingerprint density at radius 3 is 2.41 bits per heavy atom. The molecule has 3 rings (SSSR count). The Balaban J connectivity index is 1.99. The van der Waals surface area contributed by atoms with E-state index in [2.05, 4.69) is 21.2 Å². The zero-order chi connectivity index (χ0) is 19.6. The first-order valence-corrected chi connectivity index (χ1v) is 9.87. The molecule has 27 heavy (non-hydrogen) atoms. The van der Waals surface area contributed by atoms with E-state index < -0.39 is 5.92 Å². The first kappa shape index (κ1) is 19.7. The fourth-order valence-electron chi connectivity index (χ4n) is 3.80. The molecule has 1 heterocycles. The molecule has 1 fully saturated rings. The van der Waals surface area contributed by atoms with E-state index in [0.29, 0.717) is 22.8 Å². The Kier molecular flexibility index (Phi) is 6.09. The van der Waals surface area contributed by atoms with Crippen LogP contribution in [0.15, 0.2) is 27.9 Å². The lowest BCUT2D eigenvalue weighted by molar-refractivity contribution is -0.144. The summed E-state index contributed by atoms with van der Waals surface area (Å²) in [6.45, 7) is 1.74. The van der Waals surface area contributed by atoms with Crippen LogP contribution in [0, 0.1) is 0 Å². The van der Waals surface area contributed by atoms with E-state index in [1.54, 1.807) is 27.2 Å². The average Bonchev–Trinajstić information content (AvgIpc) is 3.13. The molecule has 1 atom stereocenters. The van der Waals surface area contributed by atoms with Gasteiger partial charge in [-0.3, -0.25) is 4.79 Å². The number of hydrogen-bond donors (Lipinski definition) is 1. The Bertz CT molecular complexity index is 783. The Morgan fingerprint density at radius 1 is 1.15 bits per heavy atom. The SMILES string of the molecule is COc1cc(Br)c([C@H]2CC(=O)NC(C)=C2C(=O)OC2CCCC2)cc1OC. The number of allylic oxidation sites excluding steroid dienone is 1. The molecule has 0 bridgehead atoms. The molecule has 0 unspecified atom stereocenters. The lowest BCUT2D eigenvalue weighted by atomic mass is 9.84. The van der Waals surface area contributed by atoms with Crippen molar-refractivity contribution in [1.29, 1.82) is 0 Å². The van der Waals surface area contributed by atoms with Crippen LogP contribution >= 0.6 is 15.9 Å². The van der Waals surface area contributed by atoms with Crippen LogP contribution in [0.2, 0.25) is 0 Å². The van der Waals surface area contributed by atoms with Crippen molar-refractivity contribution in [3.05, 3.63) is 33.4 Å². The molecule has 0 radical (unpaired) electrons. The minimum atomic E-state index is -0.415. The molecule has 7 heteroatoms. The molecule has 6 nitrogen and oxygen atoms in total. The molecule has 0 spiro atoms. The summed E-state index contributed by atoms with van der Waals surface area (Å²) < 4.78 is 17.2. The monoisotopic (exact) mass is 437 g/mol. The summed E-state index contributed by atoms with van der Waals surface area (Å²) in [5.74, 6) is 0.219. The van der Waals surface area contributed by atoms with Gasteiger partial charge in [0.15, 0.2) is 11.5 Å². The van der Waals surface area contributed by atoms with Crippen LogP contribution < -0.4 is 14.8 Å². The number of carbonyl (C=O) groups is 2. The lowest BCUT2D eigenvalue weighted by Gasteiger charge is -2.28. The summed E-state index contributed by atoms with van der Waals surface area (Å²) >= 11 is 3.55. The third-order valence-electron chi connectivity index (χ3n) is 5.14. The minimum Gasteiger partial charge on any atom is -0.493 e. The van der Waals surface area contributed by atoms with Crippen LogP contribution in [0.4, 0.5) is 0 Å². The summed E-state index contributed by atoms with van der Waals surface area (Å²) in [5.41, 5.74) is 1.83. The number of carbonyl (C=O) groups excluding carboxylic acids is 2. The molecule has 0 aromatic heterocycles. The third-order valence-corrected chi connectivity index (χ3v) is 5.83. The highest BCUT2D eigenvalue weighted by Gasteiger charge is 2.35. The largest absolute Gasteiger partial charge is 0.493 e. The van der Waals surface area contributed by atoms with Crippen molar-refractivity contribution < 1.29 is 23.8 Å². The second-order valence-electron chi connectivity index (χ2n) is 6.88. The predicted octanol–water partition coefficient (Wildman–Crippen LogP) is 3.83. The second kappa shape index (κ2) is 8.33. The van der Waals surface area contributed by atoms with Crippen molar-refractivity contribution in [1.82, 2.24) is 5.32 Å². The molecular formula is C20H24BrNO5. The molecule has 146 valence electrons. The van der Waals surface area contributed by atoms with Gasteiger partial charge in [0.2, 0.25) is 5.91 Å². The van der Waals surface area contributed by atoms with Gasteiger partial charge in [-0.25, -0.2) is 4.79 Å². The number of amides is 1. The quantitative estimate of drug-likeness (QED) is 0.708. The topological polar surface area (TPSA) is 73.9 Å². The summed E-state index contributed by atoms with van der Waals surface area (Å²) in [4.78, 5) is 25.1. The van der Waals surface area contributed by atoms with E-state index in [1.807, 2.05) is 6.07 Å². The van der Waals surface area contributed by atoms with Crippen molar-refractivity contribution in [2.24, 2.45) is 0 Å². The summed E-state index contributed by atoms with van der Waals surface area (Å²) in [6, 6.07) is 3.60. The number of esters is 1. The molecule has 1 aliphatic carbocycles. The van der Waals surface area contributed by atoms with Crippen molar-refractivity contribution in [2.75, 3.05) is 14.2 Å². The smallest absolute Gasteiger partial charge is 0.336 e. The van der Waals surface area contributed by atoms with Crippen LogP contribution in [0.25, 0.3) is 0 Å². The Hall–Kier alpha value is -2.02.